The van der Waals surface area contributed by atoms with Gasteiger partial charge in [0, 0.05) is 39.4 Å². The first-order chi connectivity index (χ1) is 31.9. The third-order valence-electron chi connectivity index (χ3n) is 13.8. The molecule has 65 heavy (non-hydrogen) atoms. The van der Waals surface area contributed by atoms with Crippen LogP contribution in [0.4, 0.5) is 28.4 Å². The predicted molar refractivity (Wildman–Crippen MR) is 277 cm³/mol. The summed E-state index contributed by atoms with van der Waals surface area (Å²) in [6, 6.07) is 80.1. The smallest absolute Gasteiger partial charge is 0.197 e. The monoisotopic (exact) mass is 829 g/mol. The van der Waals surface area contributed by atoms with Crippen molar-refractivity contribution in [3.05, 3.63) is 235 Å². The Hall–Kier alpha value is -7.88. The van der Waals surface area contributed by atoms with Crippen LogP contribution in [0.25, 0.3) is 66.4 Å². The van der Waals surface area contributed by atoms with E-state index < -0.39 is 0 Å². The lowest BCUT2D eigenvalue weighted by molar-refractivity contribution is 0.660. The lowest BCUT2D eigenvalue weighted by Gasteiger charge is -2.37. The molecule has 0 saturated carbocycles. The van der Waals surface area contributed by atoms with Crippen molar-refractivity contribution in [3.63, 3.8) is 0 Å². The fourth-order valence-electron chi connectivity index (χ4n) is 10.4. The molecular weight excluding hydrogens is 784 g/mol. The molecule has 2 nitrogen and oxygen atoms in total. The van der Waals surface area contributed by atoms with E-state index in [0.717, 1.165) is 22.6 Å². The van der Waals surface area contributed by atoms with E-state index in [2.05, 4.69) is 257 Å². The Balaban J connectivity index is 1.10. The van der Waals surface area contributed by atoms with Gasteiger partial charge in [-0.3, -0.25) is 0 Å². The third-order valence-corrected chi connectivity index (χ3v) is 13.8. The van der Waals surface area contributed by atoms with Crippen LogP contribution in [0.3, 0.4) is 0 Å². The topological polar surface area (TPSA) is 15.3 Å². The summed E-state index contributed by atoms with van der Waals surface area (Å²) in [5.74, 6) is 0. The van der Waals surface area contributed by atoms with Gasteiger partial charge in [0.05, 0.1) is 0 Å². The number of fused-ring (bicyclic) bond motifs is 6. The molecule has 3 heteroatoms. The maximum absolute atomic E-state index is 3.93. The summed E-state index contributed by atoms with van der Waals surface area (Å²) in [6.45, 7) is 7.02. The Morgan fingerprint density at radius 1 is 0.400 bits per heavy atom. The van der Waals surface area contributed by atoms with Crippen molar-refractivity contribution in [2.75, 3.05) is 10.2 Å². The molecule has 0 amide bonds. The molecule has 0 bridgehead atoms. The normalized spacial score (nSPS) is 13.1. The van der Waals surface area contributed by atoms with Crippen molar-refractivity contribution in [1.82, 2.24) is 0 Å². The van der Waals surface area contributed by atoms with E-state index in [1.807, 2.05) is 0 Å². The van der Waals surface area contributed by atoms with Crippen LogP contribution in [0.5, 0.6) is 0 Å². The third kappa shape index (κ3) is 6.66. The molecule has 307 valence electrons. The van der Waals surface area contributed by atoms with Gasteiger partial charge in [-0.2, -0.15) is 0 Å². The Morgan fingerprint density at radius 2 is 0.985 bits per heavy atom. The zero-order valence-electron chi connectivity index (χ0n) is 36.8. The van der Waals surface area contributed by atoms with E-state index in [-0.39, 0.29) is 5.41 Å². The average molecular weight is 830 g/mol. The highest BCUT2D eigenvalue weighted by atomic mass is 15.2. The largest absolute Gasteiger partial charge is 0.355 e. The number of aryl methyl sites for hydroxylation is 1. The molecule has 1 aliphatic carbocycles. The van der Waals surface area contributed by atoms with E-state index in [4.69, 9.17) is 0 Å². The van der Waals surface area contributed by atoms with Gasteiger partial charge >= 0.3 is 0 Å². The van der Waals surface area contributed by atoms with Crippen molar-refractivity contribution in [3.8, 4) is 55.6 Å². The summed E-state index contributed by atoms with van der Waals surface area (Å²) in [5.41, 5.74) is 23.9. The molecule has 1 N–H and O–H groups in total. The van der Waals surface area contributed by atoms with Gasteiger partial charge in [0.25, 0.3) is 0 Å². The minimum Gasteiger partial charge on any atom is -0.355 e. The molecule has 0 atom stereocenters. The molecule has 12 rings (SSSR count). The van der Waals surface area contributed by atoms with Crippen molar-refractivity contribution in [2.45, 2.75) is 26.2 Å². The number of benzene rings is 10. The molecule has 0 fully saturated rings. The molecule has 0 spiro atoms. The van der Waals surface area contributed by atoms with Gasteiger partial charge in [-0.05, 0) is 145 Å². The Bertz CT molecular complexity index is 3450. The number of hydrogen-bond acceptors (Lipinski definition) is 2. The Labute approximate surface area is 382 Å². The highest BCUT2D eigenvalue weighted by Crippen LogP contribution is 2.51. The lowest BCUT2D eigenvalue weighted by atomic mass is 9.57. The summed E-state index contributed by atoms with van der Waals surface area (Å²) in [4.78, 5) is 2.56. The molecule has 10 aromatic carbocycles. The lowest BCUT2D eigenvalue weighted by Crippen LogP contribution is -2.41. The highest BCUT2D eigenvalue weighted by Gasteiger charge is 2.38. The van der Waals surface area contributed by atoms with Gasteiger partial charge in [-0.1, -0.05) is 183 Å². The van der Waals surface area contributed by atoms with Gasteiger partial charge in [-0.25, -0.2) is 0 Å². The maximum Gasteiger partial charge on any atom is 0.197 e. The van der Waals surface area contributed by atoms with Gasteiger partial charge in [-0.15, -0.1) is 0 Å². The molecule has 0 aromatic heterocycles. The van der Waals surface area contributed by atoms with Crippen LogP contribution in [-0.2, 0) is 5.41 Å². The molecule has 1 radical (unpaired) electrons. The summed E-state index contributed by atoms with van der Waals surface area (Å²) < 4.78 is 0. The highest BCUT2D eigenvalue weighted by molar-refractivity contribution is 6.73. The Kier molecular flexibility index (Phi) is 9.21. The van der Waals surface area contributed by atoms with Crippen LogP contribution in [0.1, 0.15) is 30.5 Å². The molecule has 0 unspecified atom stereocenters. The zero-order chi connectivity index (χ0) is 43.6. The van der Waals surface area contributed by atoms with Crippen molar-refractivity contribution in [1.29, 1.82) is 0 Å². The number of hydrogen-bond donors (Lipinski definition) is 1. The average Bonchev–Trinajstić information content (AvgIpc) is 3.58. The summed E-state index contributed by atoms with van der Waals surface area (Å²) >= 11 is 0. The zero-order valence-corrected chi connectivity index (χ0v) is 36.8. The number of anilines is 5. The fraction of sp³-hybridized carbons (Fsp3) is 0.0645. The van der Waals surface area contributed by atoms with Crippen LogP contribution < -0.4 is 21.1 Å². The van der Waals surface area contributed by atoms with Crippen molar-refractivity contribution >= 4 is 57.4 Å². The van der Waals surface area contributed by atoms with E-state index in [1.165, 1.54) is 99.8 Å². The molecule has 0 saturated heterocycles. The van der Waals surface area contributed by atoms with Crippen LogP contribution in [0.2, 0.25) is 0 Å². The first kappa shape index (κ1) is 38.8. The molecule has 1 aliphatic heterocycles. The number of rotatable bonds is 7. The summed E-state index contributed by atoms with van der Waals surface area (Å²) in [5, 5.41) is 6.31. The van der Waals surface area contributed by atoms with Gasteiger partial charge in [0.1, 0.15) is 0 Å². The quantitative estimate of drug-likeness (QED) is 0.161. The fourth-order valence-corrected chi connectivity index (χ4v) is 10.4. The van der Waals surface area contributed by atoms with Crippen LogP contribution in [-0.4, -0.2) is 7.28 Å². The number of nitrogens with zero attached hydrogens (tertiary/aromatic N) is 1. The van der Waals surface area contributed by atoms with Crippen molar-refractivity contribution < 1.29 is 0 Å². The molecule has 2 aliphatic rings. The summed E-state index contributed by atoms with van der Waals surface area (Å²) in [6.07, 6.45) is 0. The first-order valence-electron chi connectivity index (χ1n) is 22.7. The van der Waals surface area contributed by atoms with E-state index in [0.29, 0.717) is 0 Å². The standard InChI is InChI=1S/C62H46BN2/c1-40-33-47(42-19-9-5-10-20-42)29-32-58(40)65-59-39-55-51(50-25-15-16-26-54(50)62(55,2)3)38-56(59)63-61-53(35-48(37-60(61)65)43-21-11-6-12-22-43)52-34-45-23-13-14-24-46(45)36-57(52)64-49-30-27-44(28-31-49)41-17-7-4-8-18-41/h4-39,64H,1-3H3. The molecule has 10 aromatic rings. The molecule has 1 heterocycles. The number of nitrogens with one attached hydrogen (secondary N) is 1. The SMILES string of the molecule is Cc1cc(-c2ccccc2)ccc1N1c2cc3c(cc2[B]c2c(-c4cc5ccccc5cc4Nc4ccc(-c5ccccc5)cc4)cc(-c4ccccc4)cc21)-c1ccccc1C3(C)C. The van der Waals surface area contributed by atoms with E-state index >= 15 is 0 Å². The Morgan fingerprint density at radius 3 is 1.68 bits per heavy atom. The second kappa shape index (κ2) is 15.4. The minimum absolute atomic E-state index is 0.152. The van der Waals surface area contributed by atoms with Gasteiger partial charge in [0.2, 0.25) is 0 Å². The minimum atomic E-state index is -0.152. The van der Waals surface area contributed by atoms with Gasteiger partial charge < -0.3 is 10.2 Å². The maximum atomic E-state index is 3.93. The second-order valence-corrected chi connectivity index (χ2v) is 18.1. The molecular formula is C62H46BN2. The first-order valence-corrected chi connectivity index (χ1v) is 22.7. The summed E-state index contributed by atoms with van der Waals surface area (Å²) in [7, 11) is 2.46. The predicted octanol–water partition coefficient (Wildman–Crippen LogP) is 15.3. The van der Waals surface area contributed by atoms with Crippen LogP contribution >= 0.6 is 0 Å². The van der Waals surface area contributed by atoms with E-state index in [9.17, 15) is 0 Å². The second-order valence-electron chi connectivity index (χ2n) is 18.1. The van der Waals surface area contributed by atoms with E-state index in [1.54, 1.807) is 0 Å². The van der Waals surface area contributed by atoms with Crippen LogP contribution in [0, 0.1) is 6.92 Å². The van der Waals surface area contributed by atoms with Gasteiger partial charge in [0.15, 0.2) is 7.28 Å². The van der Waals surface area contributed by atoms with Crippen LogP contribution in [0.15, 0.2) is 218 Å². The van der Waals surface area contributed by atoms with Crippen molar-refractivity contribution in [2.24, 2.45) is 0 Å².